The maximum atomic E-state index is 10.8. The van der Waals surface area contributed by atoms with Gasteiger partial charge >= 0.3 is 0 Å². The molecule has 0 aliphatic carbocycles. The maximum Gasteiger partial charge on any atom is 0.226 e. The highest BCUT2D eigenvalue weighted by Gasteiger charge is 2.07. The van der Waals surface area contributed by atoms with Crippen molar-refractivity contribution in [1.82, 2.24) is 0 Å². The molecule has 0 aliphatic heterocycles. The molecule has 0 unspecified atom stereocenters. The van der Waals surface area contributed by atoms with E-state index in [1.807, 2.05) is 38.1 Å². The summed E-state index contributed by atoms with van der Waals surface area (Å²) in [5, 5.41) is -0.371. The molecule has 0 amide bonds. The minimum Gasteiger partial charge on any atom is -0.491 e. The molecule has 2 nitrogen and oxygen atoms in total. The van der Waals surface area contributed by atoms with Gasteiger partial charge in [0, 0.05) is 5.56 Å². The number of benzene rings is 1. The molecule has 0 N–H and O–H groups in total. The molecule has 76 valence electrons. The fourth-order valence-electron chi connectivity index (χ4n) is 1.17. The molecule has 0 aliphatic rings. The summed E-state index contributed by atoms with van der Waals surface area (Å²) in [4.78, 5) is 10.8. The zero-order valence-corrected chi connectivity index (χ0v) is 9.04. The number of ether oxygens (including phenoxy) is 1. The van der Waals surface area contributed by atoms with E-state index in [0.717, 1.165) is 11.3 Å². The van der Waals surface area contributed by atoms with Crippen molar-refractivity contribution in [1.29, 1.82) is 0 Å². The first kappa shape index (κ1) is 11.1. The van der Waals surface area contributed by atoms with Crippen LogP contribution >= 0.6 is 11.6 Å². The quantitative estimate of drug-likeness (QED) is 0.718. The van der Waals surface area contributed by atoms with Crippen molar-refractivity contribution in [2.45, 2.75) is 26.4 Å². The number of para-hydroxylation sites is 1. The van der Waals surface area contributed by atoms with Crippen LogP contribution < -0.4 is 4.74 Å². The molecule has 0 bridgehead atoms. The average molecular weight is 213 g/mol. The van der Waals surface area contributed by atoms with Gasteiger partial charge in [-0.15, -0.1) is 0 Å². The molecule has 1 aromatic carbocycles. The molecular weight excluding hydrogens is 200 g/mol. The standard InChI is InChI=1S/C11H13ClO2/c1-8(2)14-10-6-4-3-5-9(10)7-11(12)13/h3-6,8H,7H2,1-2H3. The van der Waals surface area contributed by atoms with Gasteiger partial charge in [0.25, 0.3) is 0 Å². The number of rotatable bonds is 4. The molecule has 0 saturated carbocycles. The van der Waals surface area contributed by atoms with Gasteiger partial charge in [-0.3, -0.25) is 4.79 Å². The first-order chi connectivity index (χ1) is 6.59. The summed E-state index contributed by atoms with van der Waals surface area (Å²) in [5.41, 5.74) is 0.834. The van der Waals surface area contributed by atoms with E-state index in [2.05, 4.69) is 0 Å². The van der Waals surface area contributed by atoms with E-state index in [9.17, 15) is 4.79 Å². The first-order valence-corrected chi connectivity index (χ1v) is 4.90. The number of hydrogen-bond acceptors (Lipinski definition) is 2. The van der Waals surface area contributed by atoms with Crippen molar-refractivity contribution < 1.29 is 9.53 Å². The molecule has 0 radical (unpaired) electrons. The number of carbonyl (C=O) groups excluding carboxylic acids is 1. The van der Waals surface area contributed by atoms with E-state index in [4.69, 9.17) is 16.3 Å². The predicted octanol–water partition coefficient (Wildman–Crippen LogP) is 2.78. The van der Waals surface area contributed by atoms with Crippen molar-refractivity contribution in [2.24, 2.45) is 0 Å². The second-order valence-electron chi connectivity index (χ2n) is 3.31. The van der Waals surface area contributed by atoms with Gasteiger partial charge < -0.3 is 4.74 Å². The normalized spacial score (nSPS) is 10.3. The van der Waals surface area contributed by atoms with Gasteiger partial charge in [0.05, 0.1) is 12.5 Å². The van der Waals surface area contributed by atoms with E-state index in [-0.39, 0.29) is 17.8 Å². The van der Waals surface area contributed by atoms with Crippen molar-refractivity contribution in [2.75, 3.05) is 0 Å². The smallest absolute Gasteiger partial charge is 0.226 e. The third kappa shape index (κ3) is 3.38. The van der Waals surface area contributed by atoms with Crippen molar-refractivity contribution >= 4 is 16.8 Å². The summed E-state index contributed by atoms with van der Waals surface area (Å²) >= 11 is 5.33. The molecule has 0 fully saturated rings. The zero-order chi connectivity index (χ0) is 10.6. The SMILES string of the molecule is CC(C)Oc1ccccc1CC(=O)Cl. The summed E-state index contributed by atoms with van der Waals surface area (Å²) < 4.78 is 5.54. The highest BCUT2D eigenvalue weighted by atomic mass is 35.5. The van der Waals surface area contributed by atoms with Gasteiger partial charge in [-0.25, -0.2) is 0 Å². The van der Waals surface area contributed by atoms with Crippen molar-refractivity contribution in [3.8, 4) is 5.75 Å². The van der Waals surface area contributed by atoms with Crippen LogP contribution in [0.3, 0.4) is 0 Å². The summed E-state index contributed by atoms with van der Waals surface area (Å²) in [6.07, 6.45) is 0.311. The summed E-state index contributed by atoms with van der Waals surface area (Å²) in [6.45, 7) is 3.89. The Morgan fingerprint density at radius 3 is 2.64 bits per heavy atom. The van der Waals surface area contributed by atoms with E-state index < -0.39 is 0 Å². The van der Waals surface area contributed by atoms with E-state index >= 15 is 0 Å². The van der Waals surface area contributed by atoms with Crippen LogP contribution in [-0.4, -0.2) is 11.3 Å². The third-order valence-corrected chi connectivity index (χ3v) is 1.80. The van der Waals surface area contributed by atoms with Crippen molar-refractivity contribution in [3.05, 3.63) is 29.8 Å². The van der Waals surface area contributed by atoms with Gasteiger partial charge in [0.15, 0.2) is 0 Å². The van der Waals surface area contributed by atoms with Crippen LogP contribution in [0.4, 0.5) is 0 Å². The molecule has 0 atom stereocenters. The lowest BCUT2D eigenvalue weighted by atomic mass is 10.1. The molecule has 1 aromatic rings. The van der Waals surface area contributed by atoms with Gasteiger partial charge in [-0.2, -0.15) is 0 Å². The lowest BCUT2D eigenvalue weighted by Crippen LogP contribution is -2.08. The van der Waals surface area contributed by atoms with Crippen LogP contribution in [0, 0.1) is 0 Å². The topological polar surface area (TPSA) is 26.3 Å². The highest BCUT2D eigenvalue weighted by molar-refractivity contribution is 6.63. The fraction of sp³-hybridized carbons (Fsp3) is 0.364. The second-order valence-corrected chi connectivity index (χ2v) is 3.73. The minimum absolute atomic E-state index is 0.0987. The van der Waals surface area contributed by atoms with Gasteiger partial charge in [-0.1, -0.05) is 18.2 Å². The van der Waals surface area contributed by atoms with Gasteiger partial charge in [0.1, 0.15) is 5.75 Å². The van der Waals surface area contributed by atoms with Crippen LogP contribution in [0.2, 0.25) is 0 Å². The monoisotopic (exact) mass is 212 g/mol. The van der Waals surface area contributed by atoms with Gasteiger partial charge in [-0.05, 0) is 31.5 Å². The van der Waals surface area contributed by atoms with E-state index in [1.165, 1.54) is 0 Å². The van der Waals surface area contributed by atoms with Crippen LogP contribution in [0.25, 0.3) is 0 Å². The predicted molar refractivity (Wildman–Crippen MR) is 56.8 cm³/mol. The molecule has 14 heavy (non-hydrogen) atoms. The molecule has 0 spiro atoms. The molecule has 0 aromatic heterocycles. The minimum atomic E-state index is -0.371. The summed E-state index contributed by atoms with van der Waals surface area (Å²) in [7, 11) is 0. The summed E-state index contributed by atoms with van der Waals surface area (Å²) in [5.74, 6) is 0.733. The zero-order valence-electron chi connectivity index (χ0n) is 8.29. The lowest BCUT2D eigenvalue weighted by Gasteiger charge is -2.12. The first-order valence-electron chi connectivity index (χ1n) is 4.52. The van der Waals surface area contributed by atoms with Gasteiger partial charge in [0.2, 0.25) is 5.24 Å². The lowest BCUT2D eigenvalue weighted by molar-refractivity contribution is -0.111. The number of carbonyl (C=O) groups is 1. The Morgan fingerprint density at radius 2 is 2.07 bits per heavy atom. The van der Waals surface area contributed by atoms with Crippen molar-refractivity contribution in [3.63, 3.8) is 0 Å². The number of hydrogen-bond donors (Lipinski definition) is 0. The Kier molecular flexibility index (Phi) is 3.96. The van der Waals surface area contributed by atoms with Crippen LogP contribution in [0.15, 0.2) is 24.3 Å². The molecular formula is C11H13ClO2. The Balaban J connectivity index is 2.85. The summed E-state index contributed by atoms with van der Waals surface area (Å²) in [6, 6.07) is 7.43. The second kappa shape index (κ2) is 5.01. The fourth-order valence-corrected chi connectivity index (χ4v) is 1.31. The van der Waals surface area contributed by atoms with E-state index in [1.54, 1.807) is 0 Å². The Labute approximate surface area is 88.8 Å². The molecule has 0 saturated heterocycles. The largest absolute Gasteiger partial charge is 0.491 e. The highest BCUT2D eigenvalue weighted by Crippen LogP contribution is 2.20. The van der Waals surface area contributed by atoms with Crippen LogP contribution in [0.1, 0.15) is 19.4 Å². The Morgan fingerprint density at radius 1 is 1.43 bits per heavy atom. The Hall–Kier alpha value is -1.02. The molecule has 1 rings (SSSR count). The van der Waals surface area contributed by atoms with Crippen LogP contribution in [0.5, 0.6) is 5.75 Å². The van der Waals surface area contributed by atoms with Crippen LogP contribution in [-0.2, 0) is 11.2 Å². The van der Waals surface area contributed by atoms with E-state index in [0.29, 0.717) is 0 Å². The Bertz CT molecular complexity index is 321. The average Bonchev–Trinajstić information content (AvgIpc) is 2.06. The third-order valence-electron chi connectivity index (χ3n) is 1.66. The number of halogens is 1. The maximum absolute atomic E-state index is 10.8. The molecule has 3 heteroatoms. The molecule has 0 heterocycles.